The number of H-pyrrole nitrogens is 1. The summed E-state index contributed by atoms with van der Waals surface area (Å²) in [6, 6.07) is 12.7. The lowest BCUT2D eigenvalue weighted by molar-refractivity contribution is -0.384. The maximum Gasteiger partial charge on any atom is 0.311 e. The third-order valence-corrected chi connectivity index (χ3v) is 4.96. The first-order valence-electron chi connectivity index (χ1n) is 10.3. The predicted octanol–water partition coefficient (Wildman–Crippen LogP) is 2.69. The number of carbonyl (C=O) groups is 1. The molecule has 178 valence electrons. The number of methoxy groups -OCH3 is 2. The maximum absolute atomic E-state index is 13.2. The molecule has 0 saturated heterocycles. The van der Waals surface area contributed by atoms with Gasteiger partial charge in [-0.2, -0.15) is 0 Å². The molecule has 0 atom stereocenters. The third kappa shape index (κ3) is 5.49. The molecule has 34 heavy (non-hydrogen) atoms. The van der Waals surface area contributed by atoms with E-state index >= 15 is 0 Å². The number of esters is 1. The van der Waals surface area contributed by atoms with Gasteiger partial charge in [0.1, 0.15) is 6.61 Å². The number of carbonyl (C=O) groups excluding carboxylic acids is 1. The van der Waals surface area contributed by atoms with Crippen LogP contribution < -0.4 is 15.0 Å². The normalized spacial score (nSPS) is 11.2. The molecule has 0 unspecified atom stereocenters. The van der Waals surface area contributed by atoms with Crippen molar-refractivity contribution in [3.05, 3.63) is 80.3 Å². The van der Waals surface area contributed by atoms with Crippen LogP contribution in [0, 0.1) is 10.1 Å². The van der Waals surface area contributed by atoms with Crippen LogP contribution in [0.1, 0.15) is 18.2 Å². The summed E-state index contributed by atoms with van der Waals surface area (Å²) in [5.41, 5.74) is 0.777. The first-order valence-corrected chi connectivity index (χ1v) is 10.3. The van der Waals surface area contributed by atoms with Crippen LogP contribution >= 0.6 is 0 Å². The zero-order valence-corrected chi connectivity index (χ0v) is 18.9. The Hall–Kier alpha value is -4.41. The van der Waals surface area contributed by atoms with Gasteiger partial charge in [0, 0.05) is 17.8 Å². The number of nitrogens with zero attached hydrogens (tertiary/aromatic N) is 3. The van der Waals surface area contributed by atoms with Crippen molar-refractivity contribution in [2.24, 2.45) is 4.99 Å². The second-order valence-electron chi connectivity index (χ2n) is 7.10. The van der Waals surface area contributed by atoms with Crippen LogP contribution in [0.4, 0.5) is 5.69 Å². The number of nitro benzene ring substituents is 1. The van der Waals surface area contributed by atoms with E-state index in [1.165, 1.54) is 36.1 Å². The lowest BCUT2D eigenvalue weighted by Gasteiger charge is -2.09. The van der Waals surface area contributed by atoms with Crippen LogP contribution in [-0.4, -0.2) is 53.8 Å². The molecule has 0 aliphatic carbocycles. The van der Waals surface area contributed by atoms with Crippen LogP contribution in [0.2, 0.25) is 0 Å². The fraction of sp³-hybridized carbons (Fsp3) is 0.261. The highest BCUT2D eigenvalue weighted by Gasteiger charge is 2.20. The van der Waals surface area contributed by atoms with Crippen LogP contribution in [0.15, 0.2) is 58.3 Å². The average Bonchev–Trinajstić information content (AvgIpc) is 3.17. The molecule has 0 aliphatic rings. The molecule has 0 amide bonds. The largest absolute Gasteiger partial charge is 0.493 e. The number of aliphatic imine (C=N–C) groups is 1. The van der Waals surface area contributed by atoms with Crippen molar-refractivity contribution in [3.8, 4) is 17.2 Å². The van der Waals surface area contributed by atoms with Crippen molar-refractivity contribution in [2.45, 2.75) is 13.3 Å². The van der Waals surface area contributed by atoms with Gasteiger partial charge in [0.15, 0.2) is 11.5 Å². The molecule has 0 radical (unpaired) electrons. The molecule has 0 aliphatic heterocycles. The molecular weight excluding hydrogens is 444 g/mol. The first kappa shape index (κ1) is 24.2. The molecule has 3 rings (SSSR count). The Morgan fingerprint density at radius 3 is 2.41 bits per heavy atom. The Balaban J connectivity index is 1.86. The minimum Gasteiger partial charge on any atom is -0.493 e. The van der Waals surface area contributed by atoms with Crippen LogP contribution in [0.3, 0.4) is 0 Å². The monoisotopic (exact) mass is 468 g/mol. The van der Waals surface area contributed by atoms with E-state index in [-0.39, 0.29) is 30.8 Å². The lowest BCUT2D eigenvalue weighted by Crippen LogP contribution is -2.20. The van der Waals surface area contributed by atoms with E-state index in [2.05, 4.69) is 10.1 Å². The average molecular weight is 468 g/mol. The molecule has 1 N–H and O–H groups in total. The standard InChI is InChI=1S/C23H24N4O7/c1-15(24-12-13-34-20-7-5-4-6-19(20)32-2)22-18(14-21(28)33-3)25-26(23(22)29)16-8-10-17(11-9-16)27(30)31/h4-11,25H,12-14H2,1-3H3. The number of nitro groups is 1. The lowest BCUT2D eigenvalue weighted by atomic mass is 10.1. The zero-order valence-electron chi connectivity index (χ0n) is 18.9. The quantitative estimate of drug-likeness (QED) is 0.159. The fourth-order valence-electron chi connectivity index (χ4n) is 3.29. The van der Waals surface area contributed by atoms with E-state index in [4.69, 9.17) is 14.2 Å². The minimum absolute atomic E-state index is 0.105. The number of nitrogens with one attached hydrogen (secondary N) is 1. The van der Waals surface area contributed by atoms with E-state index in [0.717, 1.165) is 0 Å². The van der Waals surface area contributed by atoms with Crippen molar-refractivity contribution in [2.75, 3.05) is 27.4 Å². The summed E-state index contributed by atoms with van der Waals surface area (Å²) >= 11 is 0. The number of aromatic amines is 1. The molecule has 3 aromatic rings. The Morgan fingerprint density at radius 1 is 1.12 bits per heavy atom. The van der Waals surface area contributed by atoms with Gasteiger partial charge in [-0.05, 0) is 31.2 Å². The number of hydrogen-bond donors (Lipinski definition) is 1. The second kappa shape index (κ2) is 10.9. The van der Waals surface area contributed by atoms with Gasteiger partial charge < -0.3 is 14.2 Å². The fourth-order valence-corrected chi connectivity index (χ4v) is 3.29. The van der Waals surface area contributed by atoms with E-state index < -0.39 is 16.5 Å². The number of non-ortho nitro benzene ring substituents is 1. The molecule has 0 spiro atoms. The molecular formula is C23H24N4O7. The second-order valence-corrected chi connectivity index (χ2v) is 7.10. The summed E-state index contributed by atoms with van der Waals surface area (Å²) in [5, 5.41) is 13.8. The van der Waals surface area contributed by atoms with Crippen LogP contribution in [0.5, 0.6) is 11.5 Å². The predicted molar refractivity (Wildman–Crippen MR) is 124 cm³/mol. The van der Waals surface area contributed by atoms with Gasteiger partial charge in [-0.3, -0.25) is 29.8 Å². The molecule has 1 aromatic heterocycles. The number of hydrogen-bond acceptors (Lipinski definition) is 8. The van der Waals surface area contributed by atoms with Gasteiger partial charge in [-0.15, -0.1) is 0 Å². The van der Waals surface area contributed by atoms with E-state index in [1.807, 2.05) is 12.1 Å². The van der Waals surface area contributed by atoms with E-state index in [1.54, 1.807) is 26.2 Å². The number of ether oxygens (including phenoxy) is 3. The molecule has 0 bridgehead atoms. The van der Waals surface area contributed by atoms with Crippen molar-refractivity contribution in [3.63, 3.8) is 0 Å². The highest BCUT2D eigenvalue weighted by Crippen LogP contribution is 2.25. The molecule has 0 saturated carbocycles. The summed E-state index contributed by atoms with van der Waals surface area (Å²) < 4.78 is 16.9. The van der Waals surface area contributed by atoms with Crippen molar-refractivity contribution >= 4 is 17.4 Å². The van der Waals surface area contributed by atoms with Gasteiger partial charge in [0.25, 0.3) is 11.2 Å². The summed E-state index contributed by atoms with van der Waals surface area (Å²) in [4.78, 5) is 39.9. The highest BCUT2D eigenvalue weighted by molar-refractivity contribution is 6.00. The molecule has 11 heteroatoms. The zero-order chi connectivity index (χ0) is 24.7. The summed E-state index contributed by atoms with van der Waals surface area (Å²) in [5.74, 6) is 0.636. The van der Waals surface area contributed by atoms with Crippen LogP contribution in [0.25, 0.3) is 5.69 Å². The third-order valence-electron chi connectivity index (χ3n) is 4.96. The van der Waals surface area contributed by atoms with Gasteiger partial charge in [-0.1, -0.05) is 12.1 Å². The molecule has 2 aromatic carbocycles. The Kier molecular flexibility index (Phi) is 7.80. The van der Waals surface area contributed by atoms with Crippen LogP contribution in [-0.2, 0) is 16.0 Å². The SMILES string of the molecule is COC(=O)Cc1[nH]n(-c2ccc([N+](=O)[O-])cc2)c(=O)c1C(C)=NCCOc1ccccc1OC. The Labute approximate surface area is 194 Å². The number of rotatable bonds is 10. The summed E-state index contributed by atoms with van der Waals surface area (Å²) in [6.45, 7) is 2.16. The highest BCUT2D eigenvalue weighted by atomic mass is 16.6. The minimum atomic E-state index is -0.536. The molecule has 0 fully saturated rings. The molecule has 1 heterocycles. The first-order chi connectivity index (χ1) is 16.3. The summed E-state index contributed by atoms with van der Waals surface area (Å²) in [6.07, 6.45) is -0.175. The van der Waals surface area contributed by atoms with Gasteiger partial charge in [0.05, 0.1) is 49.1 Å². The number of benzene rings is 2. The van der Waals surface area contributed by atoms with Crippen molar-refractivity contribution in [1.29, 1.82) is 0 Å². The Morgan fingerprint density at radius 2 is 1.79 bits per heavy atom. The van der Waals surface area contributed by atoms with Gasteiger partial charge in [0.2, 0.25) is 0 Å². The Bertz CT molecular complexity index is 1260. The van der Waals surface area contributed by atoms with Gasteiger partial charge >= 0.3 is 5.97 Å². The van der Waals surface area contributed by atoms with Crippen molar-refractivity contribution in [1.82, 2.24) is 9.78 Å². The topological polar surface area (TPSA) is 138 Å². The van der Waals surface area contributed by atoms with E-state index in [9.17, 15) is 19.7 Å². The van der Waals surface area contributed by atoms with Crippen molar-refractivity contribution < 1.29 is 23.9 Å². The summed E-state index contributed by atoms with van der Waals surface area (Å²) in [7, 11) is 2.80. The maximum atomic E-state index is 13.2. The number of aromatic nitrogens is 2. The molecule has 11 nitrogen and oxygen atoms in total. The smallest absolute Gasteiger partial charge is 0.311 e. The van der Waals surface area contributed by atoms with Gasteiger partial charge in [-0.25, -0.2) is 4.68 Å². The van der Waals surface area contributed by atoms with E-state index in [0.29, 0.717) is 28.6 Å². The number of para-hydroxylation sites is 2.